The number of methoxy groups -OCH3 is 3. The number of benzene rings is 2. The molecule has 32 heavy (non-hydrogen) atoms. The van der Waals surface area contributed by atoms with Gasteiger partial charge in [-0.05, 0) is 36.4 Å². The van der Waals surface area contributed by atoms with E-state index in [2.05, 4.69) is 10.3 Å². The molecule has 164 valence electrons. The van der Waals surface area contributed by atoms with E-state index in [1.165, 1.54) is 27.4 Å². The number of amides is 1. The van der Waals surface area contributed by atoms with Crippen LogP contribution in [0, 0.1) is 10.1 Å². The topological polar surface area (TPSA) is 139 Å². The number of nitro groups is 1. The van der Waals surface area contributed by atoms with E-state index in [-0.39, 0.29) is 5.76 Å². The number of anilines is 1. The van der Waals surface area contributed by atoms with Crippen LogP contribution in [0.25, 0.3) is 22.6 Å². The number of nitrogens with zero attached hydrogens (tertiary/aromatic N) is 2. The van der Waals surface area contributed by atoms with Crippen molar-refractivity contribution in [2.24, 2.45) is 0 Å². The van der Waals surface area contributed by atoms with Gasteiger partial charge in [0.25, 0.3) is 5.91 Å². The zero-order valence-corrected chi connectivity index (χ0v) is 17.2. The molecule has 4 rings (SSSR count). The Labute approximate surface area is 180 Å². The Bertz CT molecular complexity index is 1300. The summed E-state index contributed by atoms with van der Waals surface area (Å²) in [6, 6.07) is 10.6. The fraction of sp³-hybridized carbons (Fsp3) is 0.143. The van der Waals surface area contributed by atoms with E-state index in [9.17, 15) is 14.9 Å². The molecule has 2 aromatic heterocycles. The summed E-state index contributed by atoms with van der Waals surface area (Å²) >= 11 is 0. The quantitative estimate of drug-likeness (QED) is 0.330. The van der Waals surface area contributed by atoms with Gasteiger partial charge in [-0.2, -0.15) is 0 Å². The zero-order valence-electron chi connectivity index (χ0n) is 17.2. The van der Waals surface area contributed by atoms with Crippen LogP contribution in [0.4, 0.5) is 11.6 Å². The second-order valence-electron chi connectivity index (χ2n) is 6.46. The van der Waals surface area contributed by atoms with E-state index >= 15 is 0 Å². The monoisotopic (exact) mass is 439 g/mol. The minimum absolute atomic E-state index is 0.185. The number of furan rings is 1. The molecule has 11 heteroatoms. The van der Waals surface area contributed by atoms with E-state index in [0.717, 1.165) is 6.07 Å². The summed E-state index contributed by atoms with van der Waals surface area (Å²) in [5.74, 6) is 0.314. The van der Waals surface area contributed by atoms with E-state index in [1.54, 1.807) is 30.3 Å². The maximum atomic E-state index is 12.3. The number of carbonyl (C=O) groups excluding carboxylic acids is 1. The normalized spacial score (nSPS) is 10.7. The molecule has 0 unspecified atom stereocenters. The molecule has 11 nitrogen and oxygen atoms in total. The Morgan fingerprint density at radius 1 is 1.00 bits per heavy atom. The first-order valence-corrected chi connectivity index (χ1v) is 9.20. The Morgan fingerprint density at radius 3 is 2.31 bits per heavy atom. The van der Waals surface area contributed by atoms with Crippen molar-refractivity contribution in [3.05, 3.63) is 58.3 Å². The van der Waals surface area contributed by atoms with Crippen LogP contribution in [0.5, 0.6) is 17.2 Å². The lowest BCUT2D eigenvalue weighted by atomic mass is 10.2. The van der Waals surface area contributed by atoms with Crippen LogP contribution < -0.4 is 19.5 Å². The summed E-state index contributed by atoms with van der Waals surface area (Å²) in [6.07, 6.45) is 0. The molecule has 0 spiro atoms. The van der Waals surface area contributed by atoms with Gasteiger partial charge in [-0.3, -0.25) is 14.9 Å². The lowest BCUT2D eigenvalue weighted by Crippen LogP contribution is -2.10. The highest BCUT2D eigenvalue weighted by atomic mass is 16.6. The Morgan fingerprint density at radius 2 is 1.72 bits per heavy atom. The zero-order chi connectivity index (χ0) is 22.8. The summed E-state index contributed by atoms with van der Waals surface area (Å²) in [4.78, 5) is 26.8. The largest absolute Gasteiger partial charge is 0.493 e. The fourth-order valence-corrected chi connectivity index (χ4v) is 3.07. The average molecular weight is 439 g/mol. The summed E-state index contributed by atoms with van der Waals surface area (Å²) in [5, 5.41) is 13.3. The van der Waals surface area contributed by atoms with Crippen molar-refractivity contribution in [2.45, 2.75) is 0 Å². The molecule has 4 aromatic rings. The number of ether oxygens (including phenoxy) is 3. The summed E-state index contributed by atoms with van der Waals surface area (Å²) in [5.41, 5.74) is 1.98. The smallest absolute Gasteiger partial charge is 0.433 e. The van der Waals surface area contributed by atoms with Crippen LogP contribution in [0.2, 0.25) is 0 Å². The summed E-state index contributed by atoms with van der Waals surface area (Å²) in [7, 11) is 4.53. The van der Waals surface area contributed by atoms with Gasteiger partial charge in [0.15, 0.2) is 22.8 Å². The molecule has 1 N–H and O–H groups in total. The second kappa shape index (κ2) is 8.30. The van der Waals surface area contributed by atoms with Crippen LogP contribution in [0.1, 0.15) is 10.6 Å². The third kappa shape index (κ3) is 3.78. The number of hydrogen-bond donors (Lipinski definition) is 1. The van der Waals surface area contributed by atoms with Crippen molar-refractivity contribution in [1.82, 2.24) is 4.98 Å². The Balaban J connectivity index is 1.63. The van der Waals surface area contributed by atoms with E-state index in [1.807, 2.05) is 0 Å². The standard InChI is InChI=1S/C21H17N3O8/c1-28-16-8-11(9-17(29-2)19(16)30-3)21-23-13-10-12(4-5-14(13)32-21)22-20(25)15-6-7-18(31-15)24(26)27/h4-10H,1-3H3,(H,22,25). The van der Waals surface area contributed by atoms with Gasteiger partial charge in [-0.15, -0.1) is 0 Å². The molecule has 0 atom stereocenters. The molecule has 0 saturated heterocycles. The lowest BCUT2D eigenvalue weighted by Gasteiger charge is -2.12. The van der Waals surface area contributed by atoms with Crippen molar-refractivity contribution in [3.63, 3.8) is 0 Å². The van der Waals surface area contributed by atoms with Crippen LogP contribution in [-0.2, 0) is 0 Å². The fourth-order valence-electron chi connectivity index (χ4n) is 3.07. The lowest BCUT2D eigenvalue weighted by molar-refractivity contribution is -0.402. The highest BCUT2D eigenvalue weighted by Crippen LogP contribution is 2.41. The molecule has 0 aliphatic heterocycles. The minimum Gasteiger partial charge on any atom is -0.493 e. The highest BCUT2D eigenvalue weighted by Gasteiger charge is 2.19. The number of nitrogens with one attached hydrogen (secondary N) is 1. The van der Waals surface area contributed by atoms with Crippen LogP contribution >= 0.6 is 0 Å². The third-order valence-corrected chi connectivity index (χ3v) is 4.55. The van der Waals surface area contributed by atoms with Crippen molar-refractivity contribution in [2.75, 3.05) is 26.6 Å². The van der Waals surface area contributed by atoms with E-state index in [0.29, 0.717) is 45.5 Å². The summed E-state index contributed by atoms with van der Waals surface area (Å²) in [6.45, 7) is 0. The molecule has 2 heterocycles. The molecular weight excluding hydrogens is 422 g/mol. The van der Waals surface area contributed by atoms with Gasteiger partial charge in [0, 0.05) is 11.3 Å². The summed E-state index contributed by atoms with van der Waals surface area (Å²) < 4.78 is 26.8. The molecule has 1 amide bonds. The SMILES string of the molecule is COc1cc(-c2nc3cc(NC(=O)c4ccc([N+](=O)[O-])o4)ccc3o2)cc(OC)c1OC. The van der Waals surface area contributed by atoms with Gasteiger partial charge in [-0.1, -0.05) is 0 Å². The molecule has 0 bridgehead atoms. The molecule has 0 saturated carbocycles. The van der Waals surface area contributed by atoms with E-state index < -0.39 is 16.7 Å². The first kappa shape index (κ1) is 20.7. The number of fused-ring (bicyclic) bond motifs is 1. The molecule has 0 fully saturated rings. The Kier molecular flexibility index (Phi) is 5.37. The van der Waals surface area contributed by atoms with Crippen molar-refractivity contribution < 1.29 is 32.8 Å². The first-order chi connectivity index (χ1) is 15.4. The number of hydrogen-bond acceptors (Lipinski definition) is 9. The van der Waals surface area contributed by atoms with Crippen LogP contribution in [0.15, 0.2) is 51.3 Å². The predicted molar refractivity (Wildman–Crippen MR) is 112 cm³/mol. The molecule has 0 radical (unpaired) electrons. The van der Waals surface area contributed by atoms with Crippen LogP contribution in [-0.4, -0.2) is 37.1 Å². The maximum Gasteiger partial charge on any atom is 0.433 e. The van der Waals surface area contributed by atoms with Gasteiger partial charge in [0.1, 0.15) is 10.4 Å². The third-order valence-electron chi connectivity index (χ3n) is 4.55. The number of oxazole rings is 1. The van der Waals surface area contributed by atoms with Gasteiger partial charge >= 0.3 is 5.88 Å². The highest BCUT2D eigenvalue weighted by molar-refractivity contribution is 6.03. The number of carbonyl (C=O) groups is 1. The van der Waals surface area contributed by atoms with Crippen molar-refractivity contribution in [1.29, 1.82) is 0 Å². The molecular formula is C21H17N3O8. The maximum absolute atomic E-state index is 12.3. The number of rotatable bonds is 7. The first-order valence-electron chi connectivity index (χ1n) is 9.20. The average Bonchev–Trinajstić information content (AvgIpc) is 3.45. The predicted octanol–water partition coefficient (Wildman–Crippen LogP) is 4.27. The van der Waals surface area contributed by atoms with Gasteiger partial charge in [0.05, 0.1) is 27.4 Å². The van der Waals surface area contributed by atoms with E-state index in [4.69, 9.17) is 23.0 Å². The molecule has 0 aliphatic rings. The molecule has 2 aromatic carbocycles. The second-order valence-corrected chi connectivity index (χ2v) is 6.46. The molecule has 0 aliphatic carbocycles. The van der Waals surface area contributed by atoms with Gasteiger partial charge < -0.3 is 28.4 Å². The van der Waals surface area contributed by atoms with Gasteiger partial charge in [0.2, 0.25) is 11.6 Å². The van der Waals surface area contributed by atoms with Crippen molar-refractivity contribution in [3.8, 4) is 28.7 Å². The van der Waals surface area contributed by atoms with Crippen molar-refractivity contribution >= 4 is 28.6 Å². The Hall–Kier alpha value is -4.54. The number of aromatic nitrogens is 1. The van der Waals surface area contributed by atoms with Gasteiger partial charge in [-0.25, -0.2) is 4.98 Å². The minimum atomic E-state index is -0.719. The van der Waals surface area contributed by atoms with Crippen LogP contribution in [0.3, 0.4) is 0 Å².